The van der Waals surface area contributed by atoms with Crippen molar-refractivity contribution in [1.82, 2.24) is 0 Å². The minimum absolute atomic E-state index is 0.246. The highest BCUT2D eigenvalue weighted by Crippen LogP contribution is 2.36. The molecule has 0 aromatic heterocycles. The summed E-state index contributed by atoms with van der Waals surface area (Å²) in [5.74, 6) is 0. The van der Waals surface area contributed by atoms with Gasteiger partial charge in [-0.3, -0.25) is 0 Å². The molecule has 0 saturated heterocycles. The molecule has 0 aromatic carbocycles. The Morgan fingerprint density at radius 3 is 2.00 bits per heavy atom. The van der Waals surface area contributed by atoms with Gasteiger partial charge in [0.05, 0.1) is 27.0 Å². The molecule has 0 unspecified atom stereocenters. The van der Waals surface area contributed by atoms with Gasteiger partial charge in [-0.1, -0.05) is 20.8 Å². The summed E-state index contributed by atoms with van der Waals surface area (Å²) in [5, 5.41) is 0.246. The van der Waals surface area contributed by atoms with E-state index in [0.717, 1.165) is 0 Å². The number of rotatable bonds is 7. The van der Waals surface area contributed by atoms with Crippen LogP contribution in [0.3, 0.4) is 0 Å². The van der Waals surface area contributed by atoms with Gasteiger partial charge >= 0.3 is 0 Å². The van der Waals surface area contributed by atoms with Crippen molar-refractivity contribution in [3.05, 3.63) is 0 Å². The smallest absolute Gasteiger partial charge is 0.192 e. The van der Waals surface area contributed by atoms with Crippen LogP contribution in [-0.4, -0.2) is 47.6 Å². The summed E-state index contributed by atoms with van der Waals surface area (Å²) in [4.78, 5) is 0. The number of ether oxygens (including phenoxy) is 1. The minimum atomic E-state index is -1.93. The van der Waals surface area contributed by atoms with Gasteiger partial charge < -0.3 is 13.7 Å². The van der Waals surface area contributed by atoms with Crippen molar-refractivity contribution in [1.29, 1.82) is 0 Å². The molecule has 104 valence electrons. The molecule has 0 heterocycles. The van der Waals surface area contributed by atoms with Gasteiger partial charge in [0, 0.05) is 6.16 Å². The maximum atomic E-state index is 11.4. The molecule has 0 aromatic rings. The van der Waals surface area contributed by atoms with Gasteiger partial charge in [-0.15, -0.1) is 0 Å². The average Bonchev–Trinajstić information content (AvgIpc) is 2.07. The van der Waals surface area contributed by atoms with Gasteiger partial charge in [-0.05, 0) is 31.5 Å². The van der Waals surface area contributed by atoms with Gasteiger partial charge in [-0.2, -0.15) is 0 Å². The van der Waals surface area contributed by atoms with Crippen LogP contribution in [0.15, 0.2) is 0 Å². The fourth-order valence-corrected chi connectivity index (χ4v) is 2.55. The Morgan fingerprint density at radius 2 is 1.59 bits per heavy atom. The summed E-state index contributed by atoms with van der Waals surface area (Å²) in [7, 11) is -3.57. The first-order valence-electron chi connectivity index (χ1n) is 6.21. The predicted molar refractivity (Wildman–Crippen MR) is 78.3 cm³/mol. The van der Waals surface area contributed by atoms with E-state index in [-0.39, 0.29) is 5.04 Å². The molecule has 0 aliphatic carbocycles. The Kier molecular flexibility index (Phi) is 6.65. The molecule has 0 atom stereocenters. The molecule has 0 spiro atoms. The fourth-order valence-electron chi connectivity index (χ4n) is 0.959. The van der Waals surface area contributed by atoms with E-state index in [2.05, 4.69) is 33.9 Å². The summed E-state index contributed by atoms with van der Waals surface area (Å²) in [6, 6.07) is 0. The zero-order chi connectivity index (χ0) is 13.7. The third kappa shape index (κ3) is 8.14. The lowest BCUT2D eigenvalue weighted by Gasteiger charge is -2.36. The maximum absolute atomic E-state index is 11.4. The van der Waals surface area contributed by atoms with Gasteiger partial charge in [0.25, 0.3) is 0 Å². The molecule has 3 nitrogen and oxygen atoms in total. The first-order chi connectivity index (χ1) is 7.46. The SMILES string of the molecule is CC(C)(C)[Si](C)(C)OCCOCCP(C)(C)=O. The Labute approximate surface area is 108 Å². The minimum Gasteiger partial charge on any atom is -0.414 e. The van der Waals surface area contributed by atoms with Crippen LogP contribution in [0.1, 0.15) is 20.8 Å². The third-order valence-corrected chi connectivity index (χ3v) is 9.07. The first kappa shape index (κ1) is 17.4. The molecule has 0 aliphatic rings. The second-order valence-corrected chi connectivity index (χ2v) is 14.9. The molecule has 5 heteroatoms. The highest BCUT2D eigenvalue weighted by atomic mass is 31.2. The number of hydrogen-bond acceptors (Lipinski definition) is 3. The van der Waals surface area contributed by atoms with Gasteiger partial charge in [0.2, 0.25) is 0 Å². The molecule has 17 heavy (non-hydrogen) atoms. The van der Waals surface area contributed by atoms with E-state index in [4.69, 9.17) is 9.16 Å². The monoisotopic (exact) mass is 280 g/mol. The molecule has 0 saturated carbocycles. The van der Waals surface area contributed by atoms with E-state index >= 15 is 0 Å². The van der Waals surface area contributed by atoms with Crippen LogP contribution in [-0.2, 0) is 13.7 Å². The van der Waals surface area contributed by atoms with Crippen molar-refractivity contribution in [2.45, 2.75) is 38.9 Å². The highest BCUT2D eigenvalue weighted by Gasteiger charge is 2.36. The number of hydrogen-bond donors (Lipinski definition) is 0. The highest BCUT2D eigenvalue weighted by molar-refractivity contribution is 7.62. The molecule has 0 bridgehead atoms. The molecule has 0 amide bonds. The van der Waals surface area contributed by atoms with Crippen LogP contribution < -0.4 is 0 Å². The average molecular weight is 280 g/mol. The van der Waals surface area contributed by atoms with Gasteiger partial charge in [-0.25, -0.2) is 0 Å². The van der Waals surface area contributed by atoms with Crippen molar-refractivity contribution in [3.63, 3.8) is 0 Å². The molecular formula is C12H29O3PSi. The summed E-state index contributed by atoms with van der Waals surface area (Å²) >= 11 is 0. The van der Waals surface area contributed by atoms with Gasteiger partial charge in [0.15, 0.2) is 8.32 Å². The van der Waals surface area contributed by atoms with Crippen LogP contribution in [0.4, 0.5) is 0 Å². The van der Waals surface area contributed by atoms with Crippen molar-refractivity contribution in [3.8, 4) is 0 Å². The molecule has 0 radical (unpaired) electrons. The van der Waals surface area contributed by atoms with Crippen molar-refractivity contribution in [2.75, 3.05) is 39.3 Å². The molecule has 0 fully saturated rings. The van der Waals surface area contributed by atoms with E-state index in [1.807, 2.05) is 0 Å². The predicted octanol–water partition coefficient (Wildman–Crippen LogP) is 3.65. The lowest BCUT2D eigenvalue weighted by Crippen LogP contribution is -2.41. The van der Waals surface area contributed by atoms with Crippen LogP contribution in [0, 0.1) is 0 Å². The zero-order valence-corrected chi connectivity index (χ0v) is 14.4. The third-order valence-electron chi connectivity index (χ3n) is 3.27. The quantitative estimate of drug-likeness (QED) is 0.406. The zero-order valence-electron chi connectivity index (χ0n) is 12.5. The Balaban J connectivity index is 3.69. The topological polar surface area (TPSA) is 35.5 Å². The Bertz CT molecular complexity index is 265. The Hall–Kier alpha value is 0.367. The van der Waals surface area contributed by atoms with E-state index in [1.54, 1.807) is 13.3 Å². The van der Waals surface area contributed by atoms with Crippen LogP contribution in [0.25, 0.3) is 0 Å². The van der Waals surface area contributed by atoms with E-state index in [0.29, 0.717) is 26.0 Å². The summed E-state index contributed by atoms with van der Waals surface area (Å²) < 4.78 is 22.8. The summed E-state index contributed by atoms with van der Waals surface area (Å²) in [6.45, 7) is 16.6. The van der Waals surface area contributed by atoms with Gasteiger partial charge in [0.1, 0.15) is 0 Å². The first-order valence-corrected chi connectivity index (χ1v) is 11.9. The lowest BCUT2D eigenvalue weighted by atomic mass is 10.2. The largest absolute Gasteiger partial charge is 0.414 e. The fraction of sp³-hybridized carbons (Fsp3) is 1.00. The second-order valence-electron chi connectivity index (χ2n) is 6.52. The Morgan fingerprint density at radius 1 is 1.06 bits per heavy atom. The molecular weight excluding hydrogens is 251 g/mol. The van der Waals surface area contributed by atoms with E-state index in [9.17, 15) is 4.57 Å². The molecule has 0 rings (SSSR count). The summed E-state index contributed by atoms with van der Waals surface area (Å²) in [6.07, 6.45) is 0.660. The standard InChI is InChI=1S/C12H29O3PSi/c1-12(2,3)17(6,7)15-9-8-14-10-11-16(4,5)13/h8-11H2,1-7H3. The molecule has 0 N–H and O–H groups in total. The summed E-state index contributed by atoms with van der Waals surface area (Å²) in [5.41, 5.74) is 0. The lowest BCUT2D eigenvalue weighted by molar-refractivity contribution is 0.106. The molecule has 0 aliphatic heterocycles. The van der Waals surface area contributed by atoms with Crippen molar-refractivity contribution in [2.24, 2.45) is 0 Å². The van der Waals surface area contributed by atoms with Crippen LogP contribution in [0.2, 0.25) is 18.1 Å². The van der Waals surface area contributed by atoms with Crippen LogP contribution >= 0.6 is 7.14 Å². The van der Waals surface area contributed by atoms with Crippen molar-refractivity contribution >= 4 is 15.5 Å². The normalized spacial score (nSPS) is 14.1. The van der Waals surface area contributed by atoms with Crippen LogP contribution in [0.5, 0.6) is 0 Å². The second kappa shape index (κ2) is 6.51. The van der Waals surface area contributed by atoms with E-state index < -0.39 is 15.5 Å². The van der Waals surface area contributed by atoms with Crippen molar-refractivity contribution < 1.29 is 13.7 Å². The van der Waals surface area contributed by atoms with E-state index in [1.165, 1.54) is 0 Å². The maximum Gasteiger partial charge on any atom is 0.192 e.